The topological polar surface area (TPSA) is 231 Å². The number of aliphatic hydroxyl groups is 1. The lowest BCUT2D eigenvalue weighted by molar-refractivity contribution is -0.140. The zero-order valence-electron chi connectivity index (χ0n) is 45.3. The summed E-state index contributed by atoms with van der Waals surface area (Å²) in [7, 11) is 0. The summed E-state index contributed by atoms with van der Waals surface area (Å²) in [4.78, 5) is 51.8. The van der Waals surface area contributed by atoms with Crippen LogP contribution in [-0.4, -0.2) is 129 Å². The molecule has 3 aromatic heterocycles. The van der Waals surface area contributed by atoms with Crippen LogP contribution in [0.2, 0.25) is 0 Å². The third-order valence-corrected chi connectivity index (χ3v) is 16.5. The molecule has 5 fully saturated rings. The minimum atomic E-state index is -0.831. The Kier molecular flexibility index (Phi) is 15.0. The van der Waals surface area contributed by atoms with Gasteiger partial charge in [-0.15, -0.1) is 0 Å². The van der Waals surface area contributed by atoms with Crippen molar-refractivity contribution in [3.8, 4) is 34.0 Å². The molecule has 1 aliphatic carbocycles. The van der Waals surface area contributed by atoms with Crippen molar-refractivity contribution in [2.45, 2.75) is 115 Å². The molecule has 2 amide bonds. The van der Waals surface area contributed by atoms with E-state index in [1.165, 1.54) is 12.3 Å². The van der Waals surface area contributed by atoms with Crippen LogP contribution in [0.3, 0.4) is 0 Å². The van der Waals surface area contributed by atoms with E-state index in [4.69, 9.17) is 35.0 Å². The largest absolute Gasteiger partial charge is 0.486 e. The molecule has 1 saturated carbocycles. The number of ether oxygens (including phenoxy) is 3. The number of fused-ring (bicyclic) bond motifs is 4. The number of pyridine rings is 1. The standard InChI is InChI=1S/C61H67FN12O6/c1-34(2)55(60(77)73-23-5-7-52(73)59(76)68-51(32-75)40-16-14-37(15-17-40)44-6-4-22-64-35(44)3)66-30-50(71-63)39-10-8-36(9-11-39)33-79-57-54(53-47-29-67-72-49(47)19-18-48(53)62)45(38-12-13-38)27-46-56(57)69-61(80-43-20-24-78-25-21-43)70-58(46)74-31-41-26-42(74)28-65-41/h4,6,8-11,14-19,22,27,29-30,34,38,41-43,51-52,55,65,75H,5,7,12-13,20-21,23-26,28,31-33,63H2,1-3H3,(H,67,72)(H,68,76)/b66-30?,71-50+/t41-,42-,51-,52-,55-/m0/s1. The predicted molar refractivity (Wildman–Crippen MR) is 304 cm³/mol. The van der Waals surface area contributed by atoms with Gasteiger partial charge in [0.1, 0.15) is 47.7 Å². The summed E-state index contributed by atoms with van der Waals surface area (Å²) in [6.45, 7) is 8.79. The summed E-state index contributed by atoms with van der Waals surface area (Å²) in [6, 6.07) is 23.1. The van der Waals surface area contributed by atoms with Crippen LogP contribution in [0.5, 0.6) is 11.8 Å². The zero-order valence-corrected chi connectivity index (χ0v) is 45.3. The quantitative estimate of drug-likeness (QED) is 0.0314. The highest BCUT2D eigenvalue weighted by Gasteiger charge is 2.42. The van der Waals surface area contributed by atoms with Gasteiger partial charge in [-0.2, -0.15) is 20.2 Å². The fourth-order valence-corrected chi connectivity index (χ4v) is 12.1. The molecule has 4 saturated heterocycles. The van der Waals surface area contributed by atoms with Crippen molar-refractivity contribution in [1.29, 1.82) is 0 Å². The number of hydrogen-bond acceptors (Lipinski definition) is 15. The molecule has 80 heavy (non-hydrogen) atoms. The number of amides is 2. The van der Waals surface area contributed by atoms with Crippen LogP contribution in [-0.2, 0) is 20.9 Å². The fourth-order valence-electron chi connectivity index (χ4n) is 12.1. The van der Waals surface area contributed by atoms with E-state index in [-0.39, 0.29) is 55.0 Å². The van der Waals surface area contributed by atoms with Crippen LogP contribution < -0.4 is 30.8 Å². The molecule has 5 atom stereocenters. The first-order chi connectivity index (χ1) is 39.0. The molecule has 7 aromatic rings. The van der Waals surface area contributed by atoms with Crippen LogP contribution >= 0.6 is 0 Å². The third-order valence-electron chi connectivity index (χ3n) is 16.5. The number of benzene rings is 4. The van der Waals surface area contributed by atoms with E-state index < -0.39 is 23.9 Å². The lowest BCUT2D eigenvalue weighted by Crippen LogP contribution is -2.50. The van der Waals surface area contributed by atoms with Gasteiger partial charge in [-0.1, -0.05) is 68.4 Å². The van der Waals surface area contributed by atoms with Gasteiger partial charge in [0.15, 0.2) is 5.75 Å². The summed E-state index contributed by atoms with van der Waals surface area (Å²) in [5, 5.41) is 30.0. The number of halogens is 1. The smallest absolute Gasteiger partial charge is 0.319 e. The molecule has 6 N–H and O–H groups in total. The summed E-state index contributed by atoms with van der Waals surface area (Å²) in [5.41, 5.74) is 8.72. The van der Waals surface area contributed by atoms with Crippen LogP contribution in [0.1, 0.15) is 98.7 Å². The van der Waals surface area contributed by atoms with Gasteiger partial charge in [0.2, 0.25) is 11.8 Å². The SMILES string of the molecule is Cc1ncccc1-c1ccc([C@H](CO)NC(=O)[C@@H]2CCCN2C(=O)[C@@H](N=C/C(=N\N)c2ccc(COc3c(-c4c(F)ccc5[nH]ncc45)c(C4CC4)cc4c(N5C[C@@H]6C[C@H]5CN6)nc(OC5CCOCC5)nc34)cc2)C(C)C)cc1. The lowest BCUT2D eigenvalue weighted by atomic mass is 9.91. The Morgan fingerprint density at radius 2 is 1.81 bits per heavy atom. The first-order valence-corrected chi connectivity index (χ1v) is 28.0. The van der Waals surface area contributed by atoms with Gasteiger partial charge in [-0.05, 0) is 97.4 Å². The third kappa shape index (κ3) is 10.6. The maximum Gasteiger partial charge on any atom is 0.319 e. The number of aryl methyl sites for hydroxylation is 1. The molecule has 0 spiro atoms. The van der Waals surface area contributed by atoms with Crippen LogP contribution in [0.15, 0.2) is 101 Å². The highest BCUT2D eigenvalue weighted by atomic mass is 19.1. The Labute approximate surface area is 463 Å². The number of aromatic amines is 1. The monoisotopic (exact) mass is 1080 g/mol. The Morgan fingerprint density at radius 3 is 2.52 bits per heavy atom. The van der Waals surface area contributed by atoms with Gasteiger partial charge in [0.25, 0.3) is 0 Å². The van der Waals surface area contributed by atoms with Crippen LogP contribution in [0, 0.1) is 18.7 Å². The first-order valence-electron chi connectivity index (χ1n) is 28.0. The molecule has 0 radical (unpaired) electrons. The summed E-state index contributed by atoms with van der Waals surface area (Å²) >= 11 is 0. The van der Waals surface area contributed by atoms with Crippen molar-refractivity contribution in [2.24, 2.45) is 21.9 Å². The summed E-state index contributed by atoms with van der Waals surface area (Å²) < 4.78 is 36.0. The van der Waals surface area contributed by atoms with E-state index in [1.54, 1.807) is 23.4 Å². The molecule has 19 heteroatoms. The molecule has 4 aliphatic heterocycles. The molecule has 4 aromatic carbocycles. The second kappa shape index (κ2) is 22.7. The van der Waals surface area contributed by atoms with Crippen molar-refractivity contribution in [3.05, 3.63) is 125 Å². The van der Waals surface area contributed by atoms with Crippen molar-refractivity contribution in [1.82, 2.24) is 40.7 Å². The Morgan fingerprint density at radius 1 is 1.00 bits per heavy atom. The van der Waals surface area contributed by atoms with E-state index in [9.17, 15) is 14.7 Å². The highest BCUT2D eigenvalue weighted by Crippen LogP contribution is 2.53. The average molecular weight is 1080 g/mol. The first kappa shape index (κ1) is 52.8. The number of carbonyl (C=O) groups is 2. The maximum atomic E-state index is 16.7. The second-order valence-corrected chi connectivity index (χ2v) is 22.2. The molecular formula is C61H67FN12O6. The van der Waals surface area contributed by atoms with Crippen molar-refractivity contribution < 1.29 is 33.3 Å². The molecular weight excluding hydrogens is 1020 g/mol. The van der Waals surface area contributed by atoms with E-state index >= 15 is 4.39 Å². The Balaban J connectivity index is 0.801. The van der Waals surface area contributed by atoms with E-state index in [2.05, 4.69) is 41.9 Å². The number of hydrogen-bond donors (Lipinski definition) is 5. The number of H-pyrrole nitrogens is 1. The number of aliphatic hydroxyl groups excluding tert-OH is 1. The normalized spacial score (nSPS) is 20.4. The zero-order chi connectivity index (χ0) is 55.0. The molecule has 5 aliphatic rings. The van der Waals surface area contributed by atoms with Crippen molar-refractivity contribution in [3.63, 3.8) is 0 Å². The van der Waals surface area contributed by atoms with E-state index in [0.29, 0.717) is 96.1 Å². The summed E-state index contributed by atoms with van der Waals surface area (Å²) in [6.07, 6.45) is 10.3. The molecule has 7 heterocycles. The molecule has 18 nitrogen and oxygen atoms in total. The number of likely N-dealkylation sites (tertiary alicyclic amines) is 1. The van der Waals surface area contributed by atoms with Gasteiger partial charge in [-0.25, -0.2) is 4.39 Å². The minimum Gasteiger partial charge on any atom is -0.486 e. The Hall–Kier alpha value is -7.87. The van der Waals surface area contributed by atoms with E-state index in [1.807, 2.05) is 81.4 Å². The van der Waals surface area contributed by atoms with Crippen molar-refractivity contribution in [2.75, 3.05) is 44.4 Å². The van der Waals surface area contributed by atoms with Crippen molar-refractivity contribution >= 4 is 51.4 Å². The second-order valence-electron chi connectivity index (χ2n) is 22.2. The number of nitrogens with zero attached hydrogens (tertiary/aromatic N) is 8. The number of nitrogens with two attached hydrogens (primary N) is 1. The minimum absolute atomic E-state index is 0.0994. The number of piperazine rings is 1. The van der Waals surface area contributed by atoms with Crippen LogP contribution in [0.25, 0.3) is 44.1 Å². The number of anilines is 1. The van der Waals surface area contributed by atoms with Gasteiger partial charge in [-0.3, -0.25) is 24.7 Å². The number of rotatable bonds is 18. The number of aliphatic imine (C=N–C) groups is 1. The van der Waals surface area contributed by atoms with Gasteiger partial charge >= 0.3 is 6.01 Å². The highest BCUT2D eigenvalue weighted by molar-refractivity contribution is 6.38. The molecule has 0 unspecified atom stereocenters. The Bertz CT molecular complexity index is 3490. The van der Waals surface area contributed by atoms with Crippen LogP contribution in [0.4, 0.5) is 10.2 Å². The molecule has 414 valence electrons. The van der Waals surface area contributed by atoms with Gasteiger partial charge in [0, 0.05) is 89.5 Å². The number of aromatic nitrogens is 5. The van der Waals surface area contributed by atoms with Gasteiger partial charge in [0.05, 0.1) is 43.8 Å². The number of hydrazone groups is 1. The number of nitrogens with one attached hydrogen (secondary N) is 3. The lowest BCUT2D eigenvalue weighted by Gasteiger charge is -2.31. The van der Waals surface area contributed by atoms with Gasteiger partial charge < -0.3 is 45.6 Å². The maximum absolute atomic E-state index is 16.7. The fraction of sp³-hybridized carbons (Fsp3) is 0.410. The predicted octanol–water partition coefficient (Wildman–Crippen LogP) is 7.85. The molecule has 2 bridgehead atoms. The van der Waals surface area contributed by atoms with E-state index in [0.717, 1.165) is 77.1 Å². The average Bonchev–Trinajstić information content (AvgIpc) is 3.90. The summed E-state index contributed by atoms with van der Waals surface area (Å²) in [5.74, 6) is 6.22. The number of carbonyl (C=O) groups excluding carboxylic acids is 2. The molecule has 12 rings (SSSR count).